The third kappa shape index (κ3) is 3.74. The number of hydrogen-bond acceptors (Lipinski definition) is 6. The second kappa shape index (κ2) is 6.27. The van der Waals surface area contributed by atoms with E-state index < -0.39 is 0 Å². The number of nitrogens with two attached hydrogens (primary N) is 1. The Morgan fingerprint density at radius 1 is 1.53 bits per heavy atom. The number of nitriles is 1. The first-order valence-electron chi connectivity index (χ1n) is 5.47. The van der Waals surface area contributed by atoms with Crippen molar-refractivity contribution in [2.45, 2.75) is 0 Å². The van der Waals surface area contributed by atoms with Crippen molar-refractivity contribution in [2.24, 2.45) is 0 Å². The van der Waals surface area contributed by atoms with Gasteiger partial charge in [0.05, 0.1) is 6.54 Å². The predicted molar refractivity (Wildman–Crippen MR) is 76.7 cm³/mol. The second-order valence-corrected chi connectivity index (χ2v) is 4.96. The first-order chi connectivity index (χ1) is 9.19. The minimum Gasteiger partial charge on any atom is -0.492 e. The maximum atomic E-state index is 8.75. The zero-order valence-electron chi connectivity index (χ0n) is 9.89. The van der Waals surface area contributed by atoms with E-state index >= 15 is 0 Å². The third-order valence-electron chi connectivity index (χ3n) is 2.19. The Balaban J connectivity index is 1.79. The number of rotatable bonds is 5. The highest BCUT2D eigenvalue weighted by atomic mass is 35.5. The molecule has 19 heavy (non-hydrogen) atoms. The van der Waals surface area contributed by atoms with Crippen LogP contribution in [-0.2, 0) is 0 Å². The lowest BCUT2D eigenvalue weighted by Crippen LogP contribution is -2.11. The number of nitrogens with zero attached hydrogens (tertiary/aromatic N) is 2. The molecule has 0 aliphatic carbocycles. The summed E-state index contributed by atoms with van der Waals surface area (Å²) in [7, 11) is 0. The van der Waals surface area contributed by atoms with Gasteiger partial charge in [-0.25, -0.2) is 4.98 Å². The van der Waals surface area contributed by atoms with E-state index in [0.717, 1.165) is 5.75 Å². The number of nitrogens with one attached hydrogen (secondary N) is 1. The van der Waals surface area contributed by atoms with E-state index in [1.54, 1.807) is 12.1 Å². The molecule has 5 nitrogen and oxygen atoms in total. The summed E-state index contributed by atoms with van der Waals surface area (Å²) in [6, 6.07) is 9.20. The first-order valence-corrected chi connectivity index (χ1v) is 6.67. The number of hydrogen-bond donors (Lipinski definition) is 2. The van der Waals surface area contributed by atoms with Crippen LogP contribution in [0.2, 0.25) is 5.15 Å². The van der Waals surface area contributed by atoms with Crippen LogP contribution in [0, 0.1) is 11.3 Å². The van der Waals surface area contributed by atoms with E-state index in [4.69, 9.17) is 27.3 Å². The molecule has 0 fully saturated rings. The lowest BCUT2D eigenvalue weighted by atomic mass is 10.3. The van der Waals surface area contributed by atoms with E-state index in [2.05, 4.69) is 10.3 Å². The van der Waals surface area contributed by atoms with E-state index in [1.165, 1.54) is 11.3 Å². The molecule has 0 aliphatic rings. The molecule has 0 atom stereocenters. The summed E-state index contributed by atoms with van der Waals surface area (Å²) in [6.45, 7) is 1.02. The molecule has 3 N–H and O–H groups in total. The zero-order chi connectivity index (χ0) is 13.7. The SMILES string of the molecule is N#Cc1sc(NCCOc2cccc(N)c2)nc1Cl. The maximum Gasteiger partial charge on any atom is 0.185 e. The summed E-state index contributed by atoms with van der Waals surface area (Å²) in [5, 5.41) is 12.6. The Labute approximate surface area is 119 Å². The number of thiazole rings is 1. The molecule has 0 aliphatic heterocycles. The van der Waals surface area contributed by atoms with E-state index in [1.807, 2.05) is 18.2 Å². The fourth-order valence-electron chi connectivity index (χ4n) is 1.38. The van der Waals surface area contributed by atoms with Crippen LogP contribution in [0.3, 0.4) is 0 Å². The quantitative estimate of drug-likeness (QED) is 0.654. The third-order valence-corrected chi connectivity index (χ3v) is 3.50. The van der Waals surface area contributed by atoms with Gasteiger partial charge in [0.1, 0.15) is 23.3 Å². The topological polar surface area (TPSA) is 84.0 Å². The second-order valence-electron chi connectivity index (χ2n) is 3.60. The Bertz CT molecular complexity index is 608. The molecule has 7 heteroatoms. The highest BCUT2D eigenvalue weighted by Crippen LogP contribution is 2.25. The van der Waals surface area contributed by atoms with Crippen molar-refractivity contribution in [1.29, 1.82) is 5.26 Å². The number of aromatic nitrogens is 1. The number of anilines is 2. The van der Waals surface area contributed by atoms with Gasteiger partial charge in [-0.05, 0) is 12.1 Å². The van der Waals surface area contributed by atoms with Gasteiger partial charge >= 0.3 is 0 Å². The van der Waals surface area contributed by atoms with Crippen molar-refractivity contribution in [3.8, 4) is 11.8 Å². The van der Waals surface area contributed by atoms with Crippen LogP contribution < -0.4 is 15.8 Å². The highest BCUT2D eigenvalue weighted by molar-refractivity contribution is 7.16. The number of halogens is 1. The molecule has 0 radical (unpaired) electrons. The molecule has 0 unspecified atom stereocenters. The molecule has 1 aromatic carbocycles. The zero-order valence-corrected chi connectivity index (χ0v) is 11.5. The largest absolute Gasteiger partial charge is 0.492 e. The van der Waals surface area contributed by atoms with Gasteiger partial charge in [-0.3, -0.25) is 0 Å². The lowest BCUT2D eigenvalue weighted by molar-refractivity contribution is 0.333. The summed E-state index contributed by atoms with van der Waals surface area (Å²) in [4.78, 5) is 4.42. The molecule has 1 aromatic heterocycles. The van der Waals surface area contributed by atoms with Crippen LogP contribution in [0.15, 0.2) is 24.3 Å². The smallest absolute Gasteiger partial charge is 0.185 e. The van der Waals surface area contributed by atoms with Crippen LogP contribution in [0.25, 0.3) is 0 Å². The van der Waals surface area contributed by atoms with Gasteiger partial charge in [-0.1, -0.05) is 29.0 Å². The Kier molecular flexibility index (Phi) is 4.44. The van der Waals surface area contributed by atoms with Gasteiger partial charge in [-0.2, -0.15) is 5.26 Å². The summed E-state index contributed by atoms with van der Waals surface area (Å²) in [5.41, 5.74) is 6.30. The van der Waals surface area contributed by atoms with Crippen molar-refractivity contribution in [1.82, 2.24) is 4.98 Å². The molecule has 2 rings (SSSR count). The average Bonchev–Trinajstić information content (AvgIpc) is 2.75. The highest BCUT2D eigenvalue weighted by Gasteiger charge is 2.07. The summed E-state index contributed by atoms with van der Waals surface area (Å²) >= 11 is 6.98. The molecule has 0 bridgehead atoms. The fourth-order valence-corrected chi connectivity index (χ4v) is 2.35. The van der Waals surface area contributed by atoms with Crippen molar-refractivity contribution >= 4 is 33.8 Å². The van der Waals surface area contributed by atoms with Gasteiger partial charge in [0.25, 0.3) is 0 Å². The molecule has 1 heterocycles. The number of nitrogen functional groups attached to an aromatic ring is 1. The Morgan fingerprint density at radius 3 is 3.05 bits per heavy atom. The Hall–Kier alpha value is -1.97. The lowest BCUT2D eigenvalue weighted by Gasteiger charge is -2.07. The van der Waals surface area contributed by atoms with Crippen molar-refractivity contribution < 1.29 is 4.74 Å². The van der Waals surface area contributed by atoms with Gasteiger partial charge in [0.2, 0.25) is 0 Å². The van der Waals surface area contributed by atoms with Gasteiger partial charge < -0.3 is 15.8 Å². The molecule has 0 saturated carbocycles. The monoisotopic (exact) mass is 294 g/mol. The summed E-state index contributed by atoms with van der Waals surface area (Å²) in [5.74, 6) is 0.719. The van der Waals surface area contributed by atoms with Crippen LogP contribution in [0.5, 0.6) is 5.75 Å². The van der Waals surface area contributed by atoms with E-state index in [-0.39, 0.29) is 5.15 Å². The van der Waals surface area contributed by atoms with Gasteiger partial charge in [0.15, 0.2) is 10.3 Å². The summed E-state index contributed by atoms with van der Waals surface area (Å²) < 4.78 is 5.51. The van der Waals surface area contributed by atoms with Crippen LogP contribution in [0.4, 0.5) is 10.8 Å². The predicted octanol–water partition coefficient (Wildman–Crippen LogP) is 2.74. The minimum absolute atomic E-state index is 0.228. The molecule has 0 amide bonds. The van der Waals surface area contributed by atoms with E-state index in [0.29, 0.717) is 28.8 Å². The standard InChI is InChI=1S/C12H11ClN4OS/c13-11-10(7-14)19-12(17-11)16-4-5-18-9-3-1-2-8(15)6-9/h1-3,6H,4-5,15H2,(H,16,17). The van der Waals surface area contributed by atoms with Crippen LogP contribution >= 0.6 is 22.9 Å². The molecular weight excluding hydrogens is 284 g/mol. The average molecular weight is 295 g/mol. The Morgan fingerprint density at radius 2 is 2.37 bits per heavy atom. The van der Waals surface area contributed by atoms with Gasteiger partial charge in [-0.15, -0.1) is 0 Å². The van der Waals surface area contributed by atoms with Gasteiger partial charge in [0, 0.05) is 11.8 Å². The minimum atomic E-state index is 0.228. The summed E-state index contributed by atoms with van der Waals surface area (Å²) in [6.07, 6.45) is 0. The fraction of sp³-hybridized carbons (Fsp3) is 0.167. The van der Waals surface area contributed by atoms with Crippen molar-refractivity contribution in [3.05, 3.63) is 34.3 Å². The van der Waals surface area contributed by atoms with Crippen LogP contribution in [-0.4, -0.2) is 18.1 Å². The molecule has 2 aromatic rings. The molecule has 0 spiro atoms. The van der Waals surface area contributed by atoms with Crippen LogP contribution in [0.1, 0.15) is 4.88 Å². The normalized spacial score (nSPS) is 9.89. The molecular formula is C12H11ClN4OS. The van der Waals surface area contributed by atoms with Crippen molar-refractivity contribution in [3.63, 3.8) is 0 Å². The molecule has 0 saturated heterocycles. The maximum absolute atomic E-state index is 8.75. The number of benzene rings is 1. The van der Waals surface area contributed by atoms with Crippen molar-refractivity contribution in [2.75, 3.05) is 24.2 Å². The first kappa shape index (κ1) is 13.5. The van der Waals surface area contributed by atoms with E-state index in [9.17, 15) is 0 Å². The number of ether oxygens (including phenoxy) is 1. The molecule has 98 valence electrons.